The fraction of sp³-hybridized carbons (Fsp3) is 0.296. The number of hydrogen-bond donors (Lipinski definition) is 3. The zero-order valence-electron chi connectivity index (χ0n) is 20.5. The van der Waals surface area contributed by atoms with Crippen LogP contribution in [0.5, 0.6) is 0 Å². The number of hydrogen-bond acceptors (Lipinski definition) is 6. The van der Waals surface area contributed by atoms with Crippen LogP contribution >= 0.6 is 0 Å². The van der Waals surface area contributed by atoms with E-state index in [0.717, 1.165) is 27.2 Å². The van der Waals surface area contributed by atoms with Crippen molar-refractivity contribution in [3.63, 3.8) is 0 Å². The van der Waals surface area contributed by atoms with Crippen molar-refractivity contribution in [1.29, 1.82) is 0 Å². The summed E-state index contributed by atoms with van der Waals surface area (Å²) >= 11 is 0. The lowest BCUT2D eigenvalue weighted by Gasteiger charge is -2.21. The lowest BCUT2D eigenvalue weighted by atomic mass is 9.98. The van der Waals surface area contributed by atoms with E-state index < -0.39 is 47.8 Å². The lowest BCUT2D eigenvalue weighted by Crippen LogP contribution is -2.45. The number of H-pyrrole nitrogens is 1. The van der Waals surface area contributed by atoms with Gasteiger partial charge in [0.25, 0.3) is 5.56 Å². The van der Waals surface area contributed by atoms with Gasteiger partial charge in [-0.05, 0) is 29.2 Å². The Labute approximate surface area is 216 Å². The molecule has 1 unspecified atom stereocenters. The Morgan fingerprint density at radius 1 is 1.05 bits per heavy atom. The molecule has 0 saturated carbocycles. The average molecular weight is 519 g/mol. The minimum absolute atomic E-state index is 0.0165. The number of benzene rings is 2. The zero-order valence-corrected chi connectivity index (χ0v) is 20.5. The fourth-order valence-electron chi connectivity index (χ4n) is 5.28. The van der Waals surface area contributed by atoms with Gasteiger partial charge in [-0.1, -0.05) is 48.5 Å². The number of likely N-dealkylation sites (tertiary alicyclic amines) is 1. The number of aliphatic carboxylic acids is 1. The Balaban J connectivity index is 1.21. The number of fused-ring (bicyclic) bond motifs is 3. The molecule has 0 bridgehead atoms. The Bertz CT molecular complexity index is 1500. The molecule has 2 amide bonds. The van der Waals surface area contributed by atoms with E-state index in [1.54, 1.807) is 0 Å². The number of ether oxygens (including phenoxy) is 1. The molecule has 2 aliphatic rings. The predicted molar refractivity (Wildman–Crippen MR) is 136 cm³/mol. The first-order valence-corrected chi connectivity index (χ1v) is 12.2. The molecular formula is C27H26N4O7. The Kier molecular flexibility index (Phi) is 6.58. The maximum absolute atomic E-state index is 12.9. The summed E-state index contributed by atoms with van der Waals surface area (Å²) in [5.41, 5.74) is 3.37. The van der Waals surface area contributed by atoms with Crippen LogP contribution in [0.4, 0.5) is 4.79 Å². The molecule has 5 rings (SSSR count). The summed E-state index contributed by atoms with van der Waals surface area (Å²) < 4.78 is 6.68. The molecular weight excluding hydrogens is 492 g/mol. The standard InChI is InChI=1S/C27H26N4O7/c1-15-12-30(26(36)29-24(15)33)16-10-22(25(34)35)31(13-16)23(32)11-28-27(37)38-14-21-19-8-4-2-6-17(19)18-7-3-5-9-20(18)21/h2-9,12,16,21-22H,10-11,13-14H2,1H3,(H,28,37)(H,34,35)(H,29,33,36)/t16?,22-/m1/s1. The van der Waals surface area contributed by atoms with Gasteiger partial charge in [0.2, 0.25) is 5.91 Å². The van der Waals surface area contributed by atoms with E-state index in [1.807, 2.05) is 48.5 Å². The molecule has 2 heterocycles. The molecule has 2 aromatic carbocycles. The van der Waals surface area contributed by atoms with E-state index >= 15 is 0 Å². The quantitative estimate of drug-likeness (QED) is 0.449. The molecule has 1 fully saturated rings. The van der Waals surface area contributed by atoms with Crippen molar-refractivity contribution in [2.24, 2.45) is 0 Å². The minimum Gasteiger partial charge on any atom is -0.480 e. The highest BCUT2D eigenvalue weighted by Gasteiger charge is 2.41. The number of carboxylic acid groups (broad SMARTS) is 1. The van der Waals surface area contributed by atoms with Crippen LogP contribution in [-0.4, -0.2) is 63.3 Å². The van der Waals surface area contributed by atoms with E-state index in [2.05, 4.69) is 10.3 Å². The van der Waals surface area contributed by atoms with Gasteiger partial charge in [-0.25, -0.2) is 14.4 Å². The molecule has 196 valence electrons. The molecule has 11 heteroatoms. The third kappa shape index (κ3) is 4.58. The van der Waals surface area contributed by atoms with Crippen LogP contribution < -0.4 is 16.6 Å². The molecule has 0 radical (unpaired) electrons. The van der Waals surface area contributed by atoms with Crippen LogP contribution in [0.25, 0.3) is 11.1 Å². The summed E-state index contributed by atoms with van der Waals surface area (Å²) in [7, 11) is 0. The average Bonchev–Trinajstić information content (AvgIpc) is 3.49. The largest absolute Gasteiger partial charge is 0.480 e. The summed E-state index contributed by atoms with van der Waals surface area (Å²) in [6, 6.07) is 14.0. The highest BCUT2D eigenvalue weighted by Crippen LogP contribution is 2.44. The zero-order chi connectivity index (χ0) is 27.0. The van der Waals surface area contributed by atoms with Crippen molar-refractivity contribution in [3.05, 3.63) is 92.3 Å². The molecule has 38 heavy (non-hydrogen) atoms. The second-order valence-electron chi connectivity index (χ2n) is 9.45. The highest BCUT2D eigenvalue weighted by atomic mass is 16.5. The number of carbonyl (C=O) groups excluding carboxylic acids is 2. The minimum atomic E-state index is -1.23. The first-order chi connectivity index (χ1) is 18.2. The number of amides is 2. The van der Waals surface area contributed by atoms with Gasteiger partial charge >= 0.3 is 17.8 Å². The molecule has 1 aliphatic carbocycles. The van der Waals surface area contributed by atoms with Gasteiger partial charge in [-0.3, -0.25) is 19.1 Å². The van der Waals surface area contributed by atoms with Crippen LogP contribution in [0.15, 0.2) is 64.3 Å². The van der Waals surface area contributed by atoms with Gasteiger partial charge in [0, 0.05) is 30.6 Å². The van der Waals surface area contributed by atoms with Crippen molar-refractivity contribution < 1.29 is 24.2 Å². The molecule has 1 saturated heterocycles. The molecule has 2 atom stereocenters. The number of aromatic nitrogens is 2. The monoisotopic (exact) mass is 518 g/mol. The Morgan fingerprint density at radius 2 is 1.68 bits per heavy atom. The van der Waals surface area contributed by atoms with Crippen molar-refractivity contribution in [3.8, 4) is 11.1 Å². The number of rotatable bonds is 6. The van der Waals surface area contributed by atoms with Crippen LogP contribution in [0.1, 0.15) is 35.1 Å². The van der Waals surface area contributed by atoms with E-state index in [0.29, 0.717) is 0 Å². The van der Waals surface area contributed by atoms with Gasteiger partial charge in [0.1, 0.15) is 19.2 Å². The number of nitrogens with zero attached hydrogens (tertiary/aromatic N) is 2. The first kappa shape index (κ1) is 25.0. The summed E-state index contributed by atoms with van der Waals surface area (Å²) in [6.07, 6.45) is 0.542. The maximum atomic E-state index is 12.9. The SMILES string of the molecule is Cc1cn(C2C[C@H](C(=O)O)N(C(=O)CNC(=O)OCC3c4ccccc4-c4ccccc43)C2)c(=O)[nH]c1=O. The van der Waals surface area contributed by atoms with Gasteiger partial charge in [0.15, 0.2) is 0 Å². The second kappa shape index (κ2) is 10.0. The van der Waals surface area contributed by atoms with Gasteiger partial charge in [0.05, 0.1) is 6.04 Å². The molecule has 1 aliphatic heterocycles. The van der Waals surface area contributed by atoms with Crippen molar-refractivity contribution in [2.75, 3.05) is 19.7 Å². The third-order valence-corrected chi connectivity index (χ3v) is 7.15. The third-order valence-electron chi connectivity index (χ3n) is 7.15. The van der Waals surface area contributed by atoms with Gasteiger partial charge < -0.3 is 20.1 Å². The maximum Gasteiger partial charge on any atom is 0.407 e. The molecule has 3 N–H and O–H groups in total. The van der Waals surface area contributed by atoms with Crippen molar-refractivity contribution >= 4 is 18.0 Å². The summed E-state index contributed by atoms with van der Waals surface area (Å²) in [5.74, 6) is -1.99. The predicted octanol–water partition coefficient (Wildman–Crippen LogP) is 1.61. The van der Waals surface area contributed by atoms with Crippen LogP contribution in [0, 0.1) is 6.92 Å². The van der Waals surface area contributed by atoms with E-state index in [4.69, 9.17) is 4.74 Å². The van der Waals surface area contributed by atoms with E-state index in [1.165, 1.54) is 17.7 Å². The van der Waals surface area contributed by atoms with Crippen LogP contribution in [0.2, 0.25) is 0 Å². The number of carboxylic acids is 1. The lowest BCUT2D eigenvalue weighted by molar-refractivity contribution is -0.147. The highest BCUT2D eigenvalue weighted by molar-refractivity contribution is 5.87. The molecule has 11 nitrogen and oxygen atoms in total. The van der Waals surface area contributed by atoms with Crippen LogP contribution in [0.3, 0.4) is 0 Å². The summed E-state index contributed by atoms with van der Waals surface area (Å²) in [4.78, 5) is 64.4. The Morgan fingerprint density at radius 3 is 2.32 bits per heavy atom. The topological polar surface area (TPSA) is 151 Å². The van der Waals surface area contributed by atoms with Crippen LogP contribution in [-0.2, 0) is 14.3 Å². The first-order valence-electron chi connectivity index (χ1n) is 12.2. The van der Waals surface area contributed by atoms with Crippen molar-refractivity contribution in [1.82, 2.24) is 19.8 Å². The van der Waals surface area contributed by atoms with E-state index in [9.17, 15) is 29.1 Å². The van der Waals surface area contributed by atoms with E-state index in [-0.39, 0.29) is 31.1 Å². The number of alkyl carbamates (subject to hydrolysis) is 1. The van der Waals surface area contributed by atoms with Gasteiger partial charge in [-0.15, -0.1) is 0 Å². The number of aromatic amines is 1. The summed E-state index contributed by atoms with van der Waals surface area (Å²) in [6.45, 7) is 1.08. The number of carbonyl (C=O) groups is 3. The molecule has 3 aromatic rings. The smallest absolute Gasteiger partial charge is 0.407 e. The molecule has 1 aromatic heterocycles. The molecule has 0 spiro atoms. The summed E-state index contributed by atoms with van der Waals surface area (Å²) in [5, 5.41) is 12.1. The second-order valence-corrected chi connectivity index (χ2v) is 9.45. The normalized spacial score (nSPS) is 18.1. The number of nitrogens with one attached hydrogen (secondary N) is 2. The fourth-order valence-corrected chi connectivity index (χ4v) is 5.28. The van der Waals surface area contributed by atoms with Crippen molar-refractivity contribution in [2.45, 2.75) is 31.3 Å². The number of aryl methyl sites for hydroxylation is 1. The Hall–Kier alpha value is -4.67. The van der Waals surface area contributed by atoms with Gasteiger partial charge in [-0.2, -0.15) is 0 Å².